The maximum absolute atomic E-state index is 14.2. The summed E-state index contributed by atoms with van der Waals surface area (Å²) in [6.45, 7) is 7.29. The van der Waals surface area contributed by atoms with Crippen molar-refractivity contribution in [2.24, 2.45) is 0 Å². The van der Waals surface area contributed by atoms with Crippen molar-refractivity contribution in [1.82, 2.24) is 10.2 Å². The molecular formula is C31H38BrN3O4S. The molecule has 0 bridgehead atoms. The number of hydrogen-bond acceptors (Lipinski definition) is 4. The van der Waals surface area contributed by atoms with Crippen LogP contribution in [0.2, 0.25) is 0 Å². The zero-order chi connectivity index (χ0) is 29.4. The lowest BCUT2D eigenvalue weighted by atomic mass is 10.0. The first-order valence-corrected chi connectivity index (χ1v) is 16.0. The number of hydrogen-bond donors (Lipinski definition) is 1. The lowest BCUT2D eigenvalue weighted by Gasteiger charge is -2.34. The quantitative estimate of drug-likeness (QED) is 0.292. The van der Waals surface area contributed by atoms with Gasteiger partial charge in [0.1, 0.15) is 12.6 Å². The number of nitrogens with one attached hydrogen (secondary N) is 1. The second-order valence-electron chi connectivity index (χ2n) is 10.2. The predicted molar refractivity (Wildman–Crippen MR) is 165 cm³/mol. The number of benzene rings is 3. The Morgan fingerprint density at radius 1 is 0.950 bits per heavy atom. The van der Waals surface area contributed by atoms with Crippen LogP contribution in [-0.2, 0) is 32.6 Å². The number of anilines is 1. The Balaban J connectivity index is 2.09. The van der Waals surface area contributed by atoms with Crippen molar-refractivity contribution in [3.8, 4) is 0 Å². The molecule has 3 aromatic carbocycles. The molecule has 0 aliphatic carbocycles. The van der Waals surface area contributed by atoms with E-state index in [2.05, 4.69) is 21.2 Å². The Labute approximate surface area is 246 Å². The van der Waals surface area contributed by atoms with Crippen molar-refractivity contribution in [3.63, 3.8) is 0 Å². The fraction of sp³-hybridized carbons (Fsp3) is 0.355. The number of sulfonamides is 1. The van der Waals surface area contributed by atoms with Gasteiger partial charge >= 0.3 is 0 Å². The number of carbonyl (C=O) groups excluding carboxylic acids is 2. The van der Waals surface area contributed by atoms with Crippen LogP contribution in [-0.4, -0.2) is 50.0 Å². The van der Waals surface area contributed by atoms with E-state index in [0.29, 0.717) is 5.69 Å². The molecule has 3 rings (SSSR count). The first kappa shape index (κ1) is 31.4. The van der Waals surface area contributed by atoms with Gasteiger partial charge in [-0.05, 0) is 67.6 Å². The van der Waals surface area contributed by atoms with Crippen molar-refractivity contribution in [2.45, 2.75) is 59.2 Å². The molecule has 0 fully saturated rings. The minimum Gasteiger partial charge on any atom is -0.352 e. The van der Waals surface area contributed by atoms with E-state index in [9.17, 15) is 18.0 Å². The summed E-state index contributed by atoms with van der Waals surface area (Å²) < 4.78 is 28.0. The van der Waals surface area contributed by atoms with Gasteiger partial charge in [-0.15, -0.1) is 0 Å². The van der Waals surface area contributed by atoms with Gasteiger partial charge in [0.05, 0.1) is 11.9 Å². The summed E-state index contributed by atoms with van der Waals surface area (Å²) in [5.74, 6) is -0.745. The van der Waals surface area contributed by atoms with Gasteiger partial charge in [-0.2, -0.15) is 0 Å². The molecular weight excluding hydrogens is 590 g/mol. The fourth-order valence-electron chi connectivity index (χ4n) is 4.41. The van der Waals surface area contributed by atoms with Crippen LogP contribution in [0.1, 0.15) is 42.5 Å². The van der Waals surface area contributed by atoms with Gasteiger partial charge in [0.2, 0.25) is 21.8 Å². The molecule has 214 valence electrons. The van der Waals surface area contributed by atoms with Gasteiger partial charge in [-0.3, -0.25) is 13.9 Å². The lowest BCUT2D eigenvalue weighted by molar-refractivity contribution is -0.140. The Hall–Kier alpha value is -3.17. The summed E-state index contributed by atoms with van der Waals surface area (Å²) in [4.78, 5) is 29.4. The third-order valence-corrected chi connectivity index (χ3v) is 8.45. The van der Waals surface area contributed by atoms with Crippen LogP contribution in [0.15, 0.2) is 77.3 Å². The van der Waals surface area contributed by atoms with Gasteiger partial charge in [0.25, 0.3) is 0 Å². The van der Waals surface area contributed by atoms with Crippen molar-refractivity contribution in [2.75, 3.05) is 17.1 Å². The highest BCUT2D eigenvalue weighted by molar-refractivity contribution is 9.10. The summed E-state index contributed by atoms with van der Waals surface area (Å²) in [6.07, 6.45) is 2.11. The Morgan fingerprint density at radius 3 is 2.25 bits per heavy atom. The lowest BCUT2D eigenvalue weighted by Crippen LogP contribution is -2.54. The van der Waals surface area contributed by atoms with E-state index >= 15 is 0 Å². The second-order valence-corrected chi connectivity index (χ2v) is 13.1. The standard InChI is InChI=1S/C31H38BrN3O4S/c1-6-24(4)33-31(37)29(19-25-11-8-7-9-12-25)34(20-26-13-10-14-27(32)18-26)30(36)21-35(40(5,38)39)28-17-22(2)15-16-23(28)3/h7-18,24,29H,6,19-21H2,1-5H3,(H,33,37)/t24-,29+/m0/s1. The Kier molecular flexibility index (Phi) is 10.9. The number of carbonyl (C=O) groups is 2. The molecule has 0 saturated carbocycles. The summed E-state index contributed by atoms with van der Waals surface area (Å²) in [7, 11) is -3.82. The third-order valence-electron chi connectivity index (χ3n) is 6.83. The molecule has 0 saturated heterocycles. The van der Waals surface area contributed by atoms with Gasteiger partial charge in [0.15, 0.2) is 0 Å². The second kappa shape index (κ2) is 13.9. The Morgan fingerprint density at radius 2 is 1.62 bits per heavy atom. The molecule has 0 unspecified atom stereocenters. The summed E-state index contributed by atoms with van der Waals surface area (Å²) in [5.41, 5.74) is 3.77. The molecule has 9 heteroatoms. The number of nitrogens with zero attached hydrogens (tertiary/aromatic N) is 2. The number of halogens is 1. The monoisotopic (exact) mass is 627 g/mol. The molecule has 0 aromatic heterocycles. The summed E-state index contributed by atoms with van der Waals surface area (Å²) in [5, 5.41) is 3.04. The van der Waals surface area contributed by atoms with Crippen LogP contribution in [0.5, 0.6) is 0 Å². The molecule has 40 heavy (non-hydrogen) atoms. The van der Waals surface area contributed by atoms with E-state index in [0.717, 1.165) is 43.7 Å². The van der Waals surface area contributed by atoms with Crippen molar-refractivity contribution in [1.29, 1.82) is 0 Å². The zero-order valence-electron chi connectivity index (χ0n) is 23.7. The third kappa shape index (κ3) is 8.66. The number of amides is 2. The largest absolute Gasteiger partial charge is 0.352 e. The first-order valence-electron chi connectivity index (χ1n) is 13.3. The highest BCUT2D eigenvalue weighted by atomic mass is 79.9. The fourth-order valence-corrected chi connectivity index (χ4v) is 5.76. The highest BCUT2D eigenvalue weighted by Gasteiger charge is 2.33. The molecule has 3 aromatic rings. The average molecular weight is 629 g/mol. The topological polar surface area (TPSA) is 86.8 Å². The minimum absolute atomic E-state index is 0.0870. The molecule has 7 nitrogen and oxygen atoms in total. The predicted octanol–water partition coefficient (Wildman–Crippen LogP) is 5.39. The smallest absolute Gasteiger partial charge is 0.244 e. The van der Waals surface area contributed by atoms with Crippen LogP contribution in [0.4, 0.5) is 5.69 Å². The Bertz CT molecular complexity index is 1430. The maximum Gasteiger partial charge on any atom is 0.244 e. The molecule has 0 aliphatic rings. The van der Waals surface area contributed by atoms with E-state index in [1.54, 1.807) is 6.07 Å². The van der Waals surface area contributed by atoms with E-state index in [4.69, 9.17) is 0 Å². The summed E-state index contributed by atoms with van der Waals surface area (Å²) >= 11 is 3.49. The van der Waals surface area contributed by atoms with Crippen molar-refractivity contribution >= 4 is 43.5 Å². The van der Waals surface area contributed by atoms with Gasteiger partial charge in [0, 0.05) is 23.5 Å². The van der Waals surface area contributed by atoms with Gasteiger partial charge in [-0.1, -0.05) is 77.5 Å². The molecule has 0 heterocycles. The molecule has 0 aliphatic heterocycles. The van der Waals surface area contributed by atoms with Crippen LogP contribution >= 0.6 is 15.9 Å². The maximum atomic E-state index is 14.2. The average Bonchev–Trinajstić information content (AvgIpc) is 2.90. The zero-order valence-corrected chi connectivity index (χ0v) is 26.1. The van der Waals surface area contributed by atoms with Crippen molar-refractivity contribution < 1.29 is 18.0 Å². The van der Waals surface area contributed by atoms with Crippen LogP contribution < -0.4 is 9.62 Å². The highest BCUT2D eigenvalue weighted by Crippen LogP contribution is 2.25. The summed E-state index contributed by atoms with van der Waals surface area (Å²) in [6, 6.07) is 21.6. The number of aryl methyl sites for hydroxylation is 2. The minimum atomic E-state index is -3.82. The van der Waals surface area contributed by atoms with E-state index in [1.165, 1.54) is 4.90 Å². The SMILES string of the molecule is CC[C@H](C)NC(=O)[C@@H](Cc1ccccc1)N(Cc1cccc(Br)c1)C(=O)CN(c1cc(C)ccc1C)S(C)(=O)=O. The van der Waals surface area contributed by atoms with Gasteiger partial charge < -0.3 is 10.2 Å². The molecule has 1 N–H and O–H groups in total. The van der Waals surface area contributed by atoms with Crippen LogP contribution in [0, 0.1) is 13.8 Å². The van der Waals surface area contributed by atoms with Crippen molar-refractivity contribution in [3.05, 3.63) is 99.5 Å². The molecule has 0 radical (unpaired) electrons. The number of rotatable bonds is 12. The normalized spacial score (nSPS) is 12.8. The van der Waals surface area contributed by atoms with E-state index < -0.39 is 28.5 Å². The molecule has 2 atom stereocenters. The molecule has 2 amide bonds. The van der Waals surface area contributed by atoms with Crippen LogP contribution in [0.25, 0.3) is 0 Å². The molecule has 0 spiro atoms. The van der Waals surface area contributed by atoms with E-state index in [1.807, 2.05) is 94.4 Å². The van der Waals surface area contributed by atoms with Crippen LogP contribution in [0.3, 0.4) is 0 Å². The van der Waals surface area contributed by atoms with Gasteiger partial charge in [-0.25, -0.2) is 8.42 Å². The van der Waals surface area contributed by atoms with E-state index in [-0.39, 0.29) is 24.9 Å². The first-order chi connectivity index (χ1) is 18.9.